The van der Waals surface area contributed by atoms with Crippen LogP contribution in [0.4, 0.5) is 0 Å². The minimum atomic E-state index is 0.205. The molecule has 1 saturated carbocycles. The van der Waals surface area contributed by atoms with Gasteiger partial charge in [-0.05, 0) is 45.2 Å². The first kappa shape index (κ1) is 12.7. The molecule has 1 fully saturated rings. The summed E-state index contributed by atoms with van der Waals surface area (Å²) in [5.41, 5.74) is 4.30. The maximum atomic E-state index is 9.25. The SMILES string of the molecule is CCn1c(C)cc(CNCC2(CO)CC2)c1C. The fourth-order valence-corrected chi connectivity index (χ4v) is 2.57. The zero-order valence-electron chi connectivity index (χ0n) is 11.2. The highest BCUT2D eigenvalue weighted by molar-refractivity contribution is 5.26. The van der Waals surface area contributed by atoms with E-state index in [1.165, 1.54) is 29.8 Å². The number of aromatic nitrogens is 1. The summed E-state index contributed by atoms with van der Waals surface area (Å²) in [6.45, 7) is 9.76. The second-order valence-corrected chi connectivity index (χ2v) is 5.40. The number of rotatable bonds is 6. The fraction of sp³-hybridized carbons (Fsp3) is 0.714. The number of nitrogens with zero attached hydrogens (tertiary/aromatic N) is 1. The molecule has 3 heteroatoms. The molecule has 1 aromatic heterocycles. The lowest BCUT2D eigenvalue weighted by Gasteiger charge is -2.12. The van der Waals surface area contributed by atoms with Crippen molar-refractivity contribution in [2.45, 2.75) is 46.7 Å². The highest BCUT2D eigenvalue weighted by Gasteiger charge is 2.41. The molecule has 0 spiro atoms. The molecule has 1 aliphatic rings. The summed E-state index contributed by atoms with van der Waals surface area (Å²) >= 11 is 0. The first-order valence-corrected chi connectivity index (χ1v) is 6.59. The molecule has 1 heterocycles. The van der Waals surface area contributed by atoms with Gasteiger partial charge in [0.2, 0.25) is 0 Å². The van der Waals surface area contributed by atoms with Crippen molar-refractivity contribution in [3.8, 4) is 0 Å². The van der Waals surface area contributed by atoms with Crippen molar-refractivity contribution in [3.05, 3.63) is 23.0 Å². The van der Waals surface area contributed by atoms with Crippen LogP contribution in [0.25, 0.3) is 0 Å². The van der Waals surface area contributed by atoms with Gasteiger partial charge in [-0.25, -0.2) is 0 Å². The number of hydrogen-bond donors (Lipinski definition) is 2. The van der Waals surface area contributed by atoms with Gasteiger partial charge in [-0.1, -0.05) is 0 Å². The molecule has 0 atom stereocenters. The molecule has 0 unspecified atom stereocenters. The van der Waals surface area contributed by atoms with Crippen molar-refractivity contribution in [1.82, 2.24) is 9.88 Å². The van der Waals surface area contributed by atoms with Gasteiger partial charge in [-0.3, -0.25) is 0 Å². The van der Waals surface area contributed by atoms with E-state index in [0.717, 1.165) is 19.6 Å². The maximum absolute atomic E-state index is 9.25. The minimum absolute atomic E-state index is 0.205. The Morgan fingerprint density at radius 3 is 2.59 bits per heavy atom. The third kappa shape index (κ3) is 2.55. The van der Waals surface area contributed by atoms with Crippen LogP contribution in [-0.4, -0.2) is 22.8 Å². The average molecular weight is 236 g/mol. The summed E-state index contributed by atoms with van der Waals surface area (Å²) in [4.78, 5) is 0. The van der Waals surface area contributed by atoms with Crippen LogP contribution < -0.4 is 5.32 Å². The van der Waals surface area contributed by atoms with Crippen molar-refractivity contribution in [1.29, 1.82) is 0 Å². The molecule has 0 aliphatic heterocycles. The summed E-state index contributed by atoms with van der Waals surface area (Å²) < 4.78 is 2.34. The second-order valence-electron chi connectivity index (χ2n) is 5.40. The van der Waals surface area contributed by atoms with Crippen molar-refractivity contribution in [2.75, 3.05) is 13.2 Å². The molecule has 1 aliphatic carbocycles. The van der Waals surface area contributed by atoms with E-state index in [2.05, 4.69) is 36.7 Å². The normalized spacial score (nSPS) is 17.4. The zero-order chi connectivity index (χ0) is 12.5. The molecule has 2 rings (SSSR count). The molecule has 2 N–H and O–H groups in total. The van der Waals surface area contributed by atoms with Crippen molar-refractivity contribution >= 4 is 0 Å². The second kappa shape index (κ2) is 4.83. The maximum Gasteiger partial charge on any atom is 0.0499 e. The van der Waals surface area contributed by atoms with Crippen LogP contribution in [-0.2, 0) is 13.1 Å². The minimum Gasteiger partial charge on any atom is -0.396 e. The smallest absolute Gasteiger partial charge is 0.0499 e. The van der Waals surface area contributed by atoms with Gasteiger partial charge < -0.3 is 15.0 Å². The third-order valence-electron chi connectivity index (χ3n) is 4.10. The highest BCUT2D eigenvalue weighted by Crippen LogP contribution is 2.44. The number of aliphatic hydroxyl groups excluding tert-OH is 1. The van der Waals surface area contributed by atoms with Crippen LogP contribution >= 0.6 is 0 Å². The van der Waals surface area contributed by atoms with E-state index in [9.17, 15) is 5.11 Å². The van der Waals surface area contributed by atoms with Crippen molar-refractivity contribution < 1.29 is 5.11 Å². The molecule has 0 radical (unpaired) electrons. The molecule has 96 valence electrons. The van der Waals surface area contributed by atoms with Crippen molar-refractivity contribution in [2.24, 2.45) is 5.41 Å². The van der Waals surface area contributed by atoms with E-state index in [0.29, 0.717) is 6.61 Å². The number of aryl methyl sites for hydroxylation is 1. The Bertz CT molecular complexity index is 391. The Kier molecular flexibility index (Phi) is 3.59. The van der Waals surface area contributed by atoms with Crippen LogP contribution in [0.15, 0.2) is 6.07 Å². The Morgan fingerprint density at radius 2 is 2.12 bits per heavy atom. The molecular weight excluding hydrogens is 212 g/mol. The number of aliphatic hydroxyl groups is 1. The van der Waals surface area contributed by atoms with Gasteiger partial charge in [-0.2, -0.15) is 0 Å². The number of nitrogens with one attached hydrogen (secondary N) is 1. The lowest BCUT2D eigenvalue weighted by molar-refractivity contribution is 0.207. The van der Waals surface area contributed by atoms with Crippen LogP contribution in [0.1, 0.15) is 36.7 Å². The van der Waals surface area contributed by atoms with Crippen LogP contribution in [0, 0.1) is 19.3 Å². The van der Waals surface area contributed by atoms with Gasteiger partial charge >= 0.3 is 0 Å². The third-order valence-corrected chi connectivity index (χ3v) is 4.10. The Hall–Kier alpha value is -0.800. The lowest BCUT2D eigenvalue weighted by atomic mass is 10.1. The van der Waals surface area contributed by atoms with Crippen LogP contribution in [0.5, 0.6) is 0 Å². The van der Waals surface area contributed by atoms with E-state index < -0.39 is 0 Å². The molecular formula is C14H24N2O. The molecule has 0 aromatic carbocycles. The summed E-state index contributed by atoms with van der Waals surface area (Å²) in [6.07, 6.45) is 2.34. The number of hydrogen-bond acceptors (Lipinski definition) is 2. The molecule has 17 heavy (non-hydrogen) atoms. The predicted molar refractivity (Wildman–Crippen MR) is 70.0 cm³/mol. The van der Waals surface area contributed by atoms with E-state index in [1.807, 2.05) is 0 Å². The van der Waals surface area contributed by atoms with Crippen molar-refractivity contribution in [3.63, 3.8) is 0 Å². The summed E-state index contributed by atoms with van der Waals surface area (Å²) in [5, 5.41) is 12.7. The van der Waals surface area contributed by atoms with Gasteiger partial charge in [0.1, 0.15) is 0 Å². The molecule has 0 bridgehead atoms. The van der Waals surface area contributed by atoms with E-state index in [-0.39, 0.29) is 5.41 Å². The predicted octanol–water partition coefficient (Wildman–Crippen LogP) is 1.99. The quantitative estimate of drug-likeness (QED) is 0.792. The monoisotopic (exact) mass is 236 g/mol. The Morgan fingerprint density at radius 1 is 1.41 bits per heavy atom. The lowest BCUT2D eigenvalue weighted by Crippen LogP contribution is -2.26. The summed E-state index contributed by atoms with van der Waals surface area (Å²) in [5.74, 6) is 0. The standard InChI is InChI=1S/C14H24N2O/c1-4-16-11(2)7-13(12(16)3)8-15-9-14(10-17)5-6-14/h7,15,17H,4-6,8-10H2,1-3H3. The van der Waals surface area contributed by atoms with Gasteiger partial charge in [0, 0.05) is 43.0 Å². The van der Waals surface area contributed by atoms with Gasteiger partial charge in [0.05, 0.1) is 0 Å². The van der Waals surface area contributed by atoms with Crippen LogP contribution in [0.3, 0.4) is 0 Å². The topological polar surface area (TPSA) is 37.2 Å². The molecule has 3 nitrogen and oxygen atoms in total. The first-order chi connectivity index (χ1) is 8.12. The Balaban J connectivity index is 1.91. The van der Waals surface area contributed by atoms with Crippen LogP contribution in [0.2, 0.25) is 0 Å². The summed E-state index contributed by atoms with van der Waals surface area (Å²) in [7, 11) is 0. The fourth-order valence-electron chi connectivity index (χ4n) is 2.57. The van der Waals surface area contributed by atoms with Gasteiger partial charge in [-0.15, -0.1) is 0 Å². The van der Waals surface area contributed by atoms with E-state index in [4.69, 9.17) is 0 Å². The molecule has 1 aromatic rings. The van der Waals surface area contributed by atoms with E-state index >= 15 is 0 Å². The molecule has 0 amide bonds. The van der Waals surface area contributed by atoms with Gasteiger partial charge in [0.15, 0.2) is 0 Å². The largest absolute Gasteiger partial charge is 0.396 e. The summed E-state index contributed by atoms with van der Waals surface area (Å²) in [6, 6.07) is 2.27. The zero-order valence-corrected chi connectivity index (χ0v) is 11.2. The van der Waals surface area contributed by atoms with E-state index in [1.54, 1.807) is 0 Å². The molecule has 0 saturated heterocycles. The van der Waals surface area contributed by atoms with Gasteiger partial charge in [0.25, 0.3) is 0 Å². The average Bonchev–Trinajstić information content (AvgIpc) is 3.03. The highest BCUT2D eigenvalue weighted by atomic mass is 16.3. The Labute approximate surface area is 104 Å². The first-order valence-electron chi connectivity index (χ1n) is 6.59.